The van der Waals surface area contributed by atoms with Gasteiger partial charge in [-0.25, -0.2) is 0 Å². The zero-order chi connectivity index (χ0) is 41.0. The SMILES string of the molecule is C=CC1=C(/C=C(/C)N2C(C)=C(c3cc4c(cc3C)C(C)(C)CCC4(C)C)B3c4c(cc(C)cc42)-c2cccc4c5sc6ccccc6c5n3c24)C(C)(C)CCC1(C)C. The molecule has 0 unspecified atom stereocenters. The normalized spacial score (nSPS) is 20.3. The van der Waals surface area contributed by atoms with Crippen molar-refractivity contribution in [2.75, 3.05) is 4.90 Å². The number of aryl methyl sites for hydroxylation is 2. The lowest BCUT2D eigenvalue weighted by atomic mass is 9.43. The smallest absolute Gasteiger partial charge is 0.333 e. The standard InChI is InChI=1S/C54H59BN2S/c1-14-40-42(53(10,11)23-22-51(40,6)7)29-33(4)56-34(5)46(38-30-43-41(28-32(38)3)52(8,9)24-25-54(43,12)13)55-47-39(26-31(2)27-44(47)56)35-19-17-20-37-48(35)57(55)49-36-18-15-16-21-45(36)58-50(37)49/h14-21,26-30H,1,22-25H2,2-13H3/b33-29-. The van der Waals surface area contributed by atoms with Crippen LogP contribution < -0.4 is 10.4 Å². The second-order valence-electron chi connectivity index (χ2n) is 20.9. The first-order chi connectivity index (χ1) is 27.4. The number of hydrogen-bond donors (Lipinski definition) is 0. The Morgan fingerprint density at radius 3 is 2.03 bits per heavy atom. The summed E-state index contributed by atoms with van der Waals surface area (Å²) in [6.07, 6.45) is 9.41. The number of rotatable bonds is 4. The van der Waals surface area contributed by atoms with Crippen LogP contribution in [0.15, 0.2) is 108 Å². The van der Waals surface area contributed by atoms with Gasteiger partial charge in [-0.2, -0.15) is 0 Å². The van der Waals surface area contributed by atoms with Crippen LogP contribution in [0.25, 0.3) is 47.8 Å². The molecular formula is C54H59BN2S. The van der Waals surface area contributed by atoms with Gasteiger partial charge in [0, 0.05) is 43.6 Å². The highest BCUT2D eigenvalue weighted by Crippen LogP contribution is 2.54. The molecule has 0 bridgehead atoms. The Hall–Kier alpha value is -4.54. The third-order valence-electron chi connectivity index (χ3n) is 15.2. The molecule has 294 valence electrons. The number of aromatic nitrogens is 1. The zero-order valence-electron chi connectivity index (χ0n) is 36.9. The maximum absolute atomic E-state index is 4.40. The minimum Gasteiger partial charge on any atom is -0.374 e. The molecule has 2 nitrogen and oxygen atoms in total. The fourth-order valence-electron chi connectivity index (χ4n) is 11.8. The highest BCUT2D eigenvalue weighted by molar-refractivity contribution is 7.27. The fourth-order valence-corrected chi connectivity index (χ4v) is 13.0. The van der Waals surface area contributed by atoms with Crippen molar-refractivity contribution in [3.05, 3.63) is 136 Å². The Bertz CT molecular complexity index is 2910. The van der Waals surface area contributed by atoms with Crippen LogP contribution in [0.5, 0.6) is 0 Å². The largest absolute Gasteiger partial charge is 0.374 e. The first kappa shape index (κ1) is 37.7. The van der Waals surface area contributed by atoms with Gasteiger partial charge in [-0.1, -0.05) is 123 Å². The molecule has 0 saturated heterocycles. The molecule has 0 amide bonds. The molecule has 4 heterocycles. The van der Waals surface area contributed by atoms with Crippen LogP contribution in [-0.2, 0) is 10.8 Å². The molecule has 4 aromatic carbocycles. The Morgan fingerprint density at radius 1 is 0.690 bits per heavy atom. The molecule has 0 atom stereocenters. The van der Waals surface area contributed by atoms with Gasteiger partial charge < -0.3 is 9.38 Å². The number of anilines is 1. The molecule has 0 N–H and O–H groups in total. The van der Waals surface area contributed by atoms with E-state index in [-0.39, 0.29) is 28.5 Å². The first-order valence-electron chi connectivity index (χ1n) is 21.7. The summed E-state index contributed by atoms with van der Waals surface area (Å²) in [4.78, 5) is 2.65. The van der Waals surface area contributed by atoms with Gasteiger partial charge in [-0.15, -0.1) is 11.3 Å². The van der Waals surface area contributed by atoms with Crippen LogP contribution in [-0.4, -0.2) is 11.3 Å². The molecule has 0 radical (unpaired) electrons. The second-order valence-corrected chi connectivity index (χ2v) is 21.9. The van der Waals surface area contributed by atoms with E-state index < -0.39 is 0 Å². The summed E-state index contributed by atoms with van der Waals surface area (Å²) < 4.78 is 5.54. The van der Waals surface area contributed by atoms with Crippen molar-refractivity contribution < 1.29 is 0 Å². The Morgan fingerprint density at radius 2 is 1.33 bits per heavy atom. The third-order valence-corrected chi connectivity index (χ3v) is 16.4. The predicted octanol–water partition coefficient (Wildman–Crippen LogP) is 14.7. The van der Waals surface area contributed by atoms with E-state index in [1.807, 2.05) is 11.3 Å². The van der Waals surface area contributed by atoms with E-state index in [4.69, 9.17) is 0 Å². The van der Waals surface area contributed by atoms with Crippen molar-refractivity contribution in [2.24, 2.45) is 10.8 Å². The van der Waals surface area contributed by atoms with E-state index in [9.17, 15) is 0 Å². The van der Waals surface area contributed by atoms with Gasteiger partial charge in [0.05, 0.1) is 10.2 Å². The quantitative estimate of drug-likeness (QED) is 0.162. The molecule has 4 heteroatoms. The van der Waals surface area contributed by atoms with E-state index in [1.165, 1.54) is 129 Å². The average molecular weight is 779 g/mol. The average Bonchev–Trinajstić information content (AvgIpc) is 3.70. The lowest BCUT2D eigenvalue weighted by Gasteiger charge is -2.45. The van der Waals surface area contributed by atoms with Crippen LogP contribution in [0, 0.1) is 24.7 Å². The number of allylic oxidation sites excluding steroid dienone is 6. The second kappa shape index (κ2) is 12.3. The Kier molecular flexibility index (Phi) is 7.97. The van der Waals surface area contributed by atoms with Gasteiger partial charge in [-0.3, -0.25) is 0 Å². The summed E-state index contributed by atoms with van der Waals surface area (Å²) in [5, 5.41) is 2.72. The molecular weight excluding hydrogens is 719 g/mol. The molecule has 6 aromatic rings. The number of hydrogen-bond acceptors (Lipinski definition) is 2. The molecule has 10 rings (SSSR count). The van der Waals surface area contributed by atoms with Crippen molar-refractivity contribution in [1.82, 2.24) is 4.48 Å². The van der Waals surface area contributed by atoms with Crippen LogP contribution in [0.4, 0.5) is 5.69 Å². The lowest BCUT2D eigenvalue weighted by Crippen LogP contribution is -2.50. The number of para-hydroxylation sites is 1. The highest BCUT2D eigenvalue weighted by Gasteiger charge is 2.46. The van der Waals surface area contributed by atoms with Crippen molar-refractivity contribution in [2.45, 2.75) is 120 Å². The zero-order valence-corrected chi connectivity index (χ0v) is 37.7. The molecule has 0 spiro atoms. The number of fused-ring (bicyclic) bond motifs is 8. The van der Waals surface area contributed by atoms with Crippen LogP contribution in [0.1, 0.15) is 123 Å². The van der Waals surface area contributed by atoms with Crippen LogP contribution >= 0.6 is 11.3 Å². The highest BCUT2D eigenvalue weighted by atomic mass is 32.1. The van der Waals surface area contributed by atoms with Crippen LogP contribution in [0.2, 0.25) is 0 Å². The van der Waals surface area contributed by atoms with Gasteiger partial charge in [-0.05, 0) is 149 Å². The summed E-state index contributed by atoms with van der Waals surface area (Å²) in [5.74, 6) is 0. The number of benzene rings is 4. The lowest BCUT2D eigenvalue weighted by molar-refractivity contribution is 0.273. The summed E-state index contributed by atoms with van der Waals surface area (Å²) in [7, 11) is 0. The third kappa shape index (κ3) is 5.09. The summed E-state index contributed by atoms with van der Waals surface area (Å²) in [6, 6.07) is 26.3. The molecule has 0 saturated carbocycles. The number of thiophene rings is 1. The first-order valence-corrected chi connectivity index (χ1v) is 22.5. The minimum absolute atomic E-state index is 0.00651. The van der Waals surface area contributed by atoms with E-state index in [0.717, 1.165) is 6.42 Å². The van der Waals surface area contributed by atoms with Gasteiger partial charge in [0.1, 0.15) is 0 Å². The molecule has 2 aliphatic carbocycles. The predicted molar refractivity (Wildman–Crippen MR) is 255 cm³/mol. The van der Waals surface area contributed by atoms with E-state index in [0.29, 0.717) is 0 Å². The van der Waals surface area contributed by atoms with Crippen LogP contribution in [0.3, 0.4) is 0 Å². The summed E-state index contributed by atoms with van der Waals surface area (Å²) in [6.45, 7) is 33.4. The van der Waals surface area contributed by atoms with Crippen molar-refractivity contribution >= 4 is 66.0 Å². The Labute approximate surface area is 351 Å². The molecule has 0 fully saturated rings. The topological polar surface area (TPSA) is 8.17 Å². The van der Waals surface area contributed by atoms with Gasteiger partial charge in [0.15, 0.2) is 0 Å². The van der Waals surface area contributed by atoms with Crippen molar-refractivity contribution in [1.29, 1.82) is 0 Å². The molecule has 4 aliphatic rings. The maximum atomic E-state index is 4.40. The van der Waals surface area contributed by atoms with E-state index in [1.54, 1.807) is 0 Å². The van der Waals surface area contributed by atoms with Crippen molar-refractivity contribution in [3.63, 3.8) is 0 Å². The summed E-state index contributed by atoms with van der Waals surface area (Å²) >= 11 is 1.96. The molecule has 2 aromatic heterocycles. The maximum Gasteiger partial charge on any atom is 0.333 e. The Balaban J connectivity index is 1.36. The van der Waals surface area contributed by atoms with E-state index >= 15 is 0 Å². The summed E-state index contributed by atoms with van der Waals surface area (Å²) in [5.41, 5.74) is 22.5. The monoisotopic (exact) mass is 778 g/mol. The van der Waals surface area contributed by atoms with Gasteiger partial charge in [0.25, 0.3) is 0 Å². The number of nitrogens with zero attached hydrogens (tertiary/aromatic N) is 2. The molecule has 58 heavy (non-hydrogen) atoms. The van der Waals surface area contributed by atoms with Gasteiger partial charge in [0.2, 0.25) is 0 Å². The molecule has 2 aliphatic heterocycles. The van der Waals surface area contributed by atoms with Crippen molar-refractivity contribution in [3.8, 4) is 11.1 Å². The van der Waals surface area contributed by atoms with E-state index in [2.05, 4.69) is 178 Å². The minimum atomic E-state index is 0.00651. The fraction of sp³-hybridized carbons (Fsp3) is 0.370. The van der Waals surface area contributed by atoms with Gasteiger partial charge >= 0.3 is 6.85 Å².